The average molecular weight is 265 g/mol. The molecule has 0 aliphatic heterocycles. The van der Waals surface area contributed by atoms with Crippen molar-refractivity contribution in [2.45, 2.75) is 31.4 Å². The first-order chi connectivity index (χ1) is 9.13. The molecule has 0 saturated carbocycles. The Morgan fingerprint density at radius 3 is 3.00 bits per heavy atom. The van der Waals surface area contributed by atoms with Gasteiger partial charge in [-0.05, 0) is 24.5 Å². The van der Waals surface area contributed by atoms with E-state index in [0.717, 1.165) is 23.3 Å². The van der Waals surface area contributed by atoms with Gasteiger partial charge in [-0.25, -0.2) is 0 Å². The summed E-state index contributed by atoms with van der Waals surface area (Å²) in [5, 5.41) is 8.59. The minimum Gasteiger partial charge on any atom is -0.496 e. The summed E-state index contributed by atoms with van der Waals surface area (Å²) in [5.74, 6) is 0.0333. The number of carboxylic acids is 1. The van der Waals surface area contributed by atoms with Crippen molar-refractivity contribution < 1.29 is 19.4 Å². The summed E-state index contributed by atoms with van der Waals surface area (Å²) in [6, 6.07) is 5.73. The van der Waals surface area contributed by atoms with Crippen LogP contribution in [0, 0.1) is 0 Å². The number of rotatable bonds is 6. The first kappa shape index (κ1) is 13.8. The molecule has 0 fully saturated rings. The van der Waals surface area contributed by atoms with Gasteiger partial charge >= 0.3 is 5.97 Å². The first-order valence-corrected chi connectivity index (χ1v) is 6.38. The summed E-state index contributed by atoms with van der Waals surface area (Å²) < 4.78 is 11.1. The molecule has 3 N–H and O–H groups in total. The third-order valence-corrected chi connectivity index (χ3v) is 3.36. The van der Waals surface area contributed by atoms with E-state index in [9.17, 15) is 4.79 Å². The summed E-state index contributed by atoms with van der Waals surface area (Å²) in [6.45, 7) is 0.404. The lowest BCUT2D eigenvalue weighted by Gasteiger charge is -2.17. The summed E-state index contributed by atoms with van der Waals surface area (Å²) in [5.41, 5.74) is 8.25. The molecule has 0 saturated heterocycles. The molecule has 0 bridgehead atoms. The second-order valence-electron chi connectivity index (χ2n) is 4.68. The Balaban J connectivity index is 2.02. The normalized spacial score (nSPS) is 21.2. The number of methoxy groups -OCH3 is 1. The van der Waals surface area contributed by atoms with Crippen LogP contribution in [0.25, 0.3) is 0 Å². The van der Waals surface area contributed by atoms with Crippen molar-refractivity contribution in [3.05, 3.63) is 29.3 Å². The Kier molecular flexibility index (Phi) is 4.39. The second-order valence-corrected chi connectivity index (χ2v) is 4.68. The summed E-state index contributed by atoms with van der Waals surface area (Å²) in [4.78, 5) is 10.4. The van der Waals surface area contributed by atoms with E-state index in [-0.39, 0.29) is 18.6 Å². The monoisotopic (exact) mass is 265 g/mol. The van der Waals surface area contributed by atoms with Gasteiger partial charge in [-0.3, -0.25) is 4.79 Å². The molecule has 0 spiro atoms. The number of carbonyl (C=O) groups is 1. The quantitative estimate of drug-likeness (QED) is 0.762. The van der Waals surface area contributed by atoms with Crippen molar-refractivity contribution in [1.29, 1.82) is 0 Å². The van der Waals surface area contributed by atoms with Crippen LogP contribution in [0.2, 0.25) is 0 Å². The van der Waals surface area contributed by atoms with E-state index >= 15 is 0 Å². The van der Waals surface area contributed by atoms with Gasteiger partial charge in [0.25, 0.3) is 0 Å². The van der Waals surface area contributed by atoms with Crippen molar-refractivity contribution in [2.24, 2.45) is 5.73 Å². The van der Waals surface area contributed by atoms with E-state index in [1.807, 2.05) is 18.2 Å². The molecule has 104 valence electrons. The molecule has 5 heteroatoms. The van der Waals surface area contributed by atoms with E-state index < -0.39 is 5.97 Å². The van der Waals surface area contributed by atoms with Crippen molar-refractivity contribution in [3.63, 3.8) is 0 Å². The lowest BCUT2D eigenvalue weighted by molar-refractivity contribution is -0.137. The summed E-state index contributed by atoms with van der Waals surface area (Å²) in [7, 11) is 1.64. The zero-order valence-electron chi connectivity index (χ0n) is 11.0. The first-order valence-electron chi connectivity index (χ1n) is 6.38. The molecule has 2 atom stereocenters. The fourth-order valence-electron chi connectivity index (χ4n) is 2.48. The predicted molar refractivity (Wildman–Crippen MR) is 70.2 cm³/mol. The summed E-state index contributed by atoms with van der Waals surface area (Å²) >= 11 is 0. The van der Waals surface area contributed by atoms with Gasteiger partial charge in [0.05, 0.1) is 13.2 Å². The molecule has 0 heterocycles. The minimum absolute atomic E-state index is 0.101. The fraction of sp³-hybridized carbons (Fsp3) is 0.500. The van der Waals surface area contributed by atoms with Crippen LogP contribution < -0.4 is 10.5 Å². The Labute approximate surface area is 112 Å². The third-order valence-electron chi connectivity index (χ3n) is 3.36. The van der Waals surface area contributed by atoms with Gasteiger partial charge in [-0.1, -0.05) is 12.1 Å². The Hall–Kier alpha value is -1.59. The largest absolute Gasteiger partial charge is 0.496 e. The van der Waals surface area contributed by atoms with Crippen LogP contribution in [0.5, 0.6) is 5.75 Å². The van der Waals surface area contributed by atoms with Gasteiger partial charge < -0.3 is 20.3 Å². The van der Waals surface area contributed by atoms with Gasteiger partial charge in [-0.2, -0.15) is 0 Å². The highest BCUT2D eigenvalue weighted by Crippen LogP contribution is 2.38. The molecule has 1 aliphatic carbocycles. The molecule has 1 aromatic rings. The molecule has 1 aliphatic rings. The Bertz CT molecular complexity index is 461. The number of benzene rings is 1. The van der Waals surface area contributed by atoms with Gasteiger partial charge in [-0.15, -0.1) is 0 Å². The molecule has 5 nitrogen and oxygen atoms in total. The molecule has 2 unspecified atom stereocenters. The predicted octanol–water partition coefficient (Wildman–Crippen LogP) is 1.50. The molecule has 0 radical (unpaired) electrons. The van der Waals surface area contributed by atoms with Crippen molar-refractivity contribution in [2.75, 3.05) is 13.7 Å². The molecular formula is C14H19NO4. The van der Waals surface area contributed by atoms with Gasteiger partial charge in [0.15, 0.2) is 0 Å². The highest BCUT2D eigenvalue weighted by molar-refractivity contribution is 5.66. The summed E-state index contributed by atoms with van der Waals surface area (Å²) in [6.07, 6.45) is 1.17. The smallest absolute Gasteiger partial charge is 0.303 e. The fourth-order valence-corrected chi connectivity index (χ4v) is 2.48. The maximum atomic E-state index is 10.4. The Morgan fingerprint density at radius 2 is 2.32 bits per heavy atom. The molecular weight excluding hydrogens is 246 g/mol. The molecule has 2 rings (SSSR count). The topological polar surface area (TPSA) is 81.8 Å². The zero-order chi connectivity index (χ0) is 13.8. The van der Waals surface area contributed by atoms with E-state index in [0.29, 0.717) is 13.0 Å². The second kappa shape index (κ2) is 6.04. The van der Waals surface area contributed by atoms with Crippen molar-refractivity contribution in [3.8, 4) is 5.75 Å². The molecule has 0 amide bonds. The van der Waals surface area contributed by atoms with Crippen LogP contribution in [0.15, 0.2) is 18.2 Å². The highest BCUT2D eigenvalue weighted by Gasteiger charge is 2.32. The molecule has 0 aromatic heterocycles. The number of aliphatic carboxylic acids is 1. The van der Waals surface area contributed by atoms with Crippen LogP contribution in [0.4, 0.5) is 0 Å². The van der Waals surface area contributed by atoms with Gasteiger partial charge in [0.1, 0.15) is 5.75 Å². The van der Waals surface area contributed by atoms with Crippen LogP contribution in [0.1, 0.15) is 30.1 Å². The zero-order valence-corrected chi connectivity index (χ0v) is 11.0. The highest BCUT2D eigenvalue weighted by atomic mass is 16.5. The third kappa shape index (κ3) is 3.05. The minimum atomic E-state index is -0.804. The van der Waals surface area contributed by atoms with Crippen LogP contribution >= 0.6 is 0 Å². The number of hydrogen-bond acceptors (Lipinski definition) is 4. The van der Waals surface area contributed by atoms with Crippen molar-refractivity contribution >= 4 is 5.97 Å². The maximum Gasteiger partial charge on any atom is 0.303 e. The number of carboxylic acid groups (broad SMARTS) is 1. The number of fused-ring (bicyclic) bond motifs is 1. The van der Waals surface area contributed by atoms with Crippen LogP contribution in [0.3, 0.4) is 0 Å². The SMILES string of the molecule is COc1cccc2c1CC(N)C2OCCCC(=O)O. The van der Waals surface area contributed by atoms with Crippen molar-refractivity contribution in [1.82, 2.24) is 0 Å². The van der Waals surface area contributed by atoms with Gasteiger partial charge in [0, 0.05) is 24.6 Å². The maximum absolute atomic E-state index is 10.4. The number of ether oxygens (including phenoxy) is 2. The van der Waals surface area contributed by atoms with Crippen LogP contribution in [-0.4, -0.2) is 30.8 Å². The van der Waals surface area contributed by atoms with E-state index in [1.165, 1.54) is 0 Å². The van der Waals surface area contributed by atoms with E-state index in [2.05, 4.69) is 0 Å². The number of hydrogen-bond donors (Lipinski definition) is 2. The lowest BCUT2D eigenvalue weighted by atomic mass is 10.1. The molecule has 19 heavy (non-hydrogen) atoms. The Morgan fingerprint density at radius 1 is 1.53 bits per heavy atom. The average Bonchev–Trinajstić information content (AvgIpc) is 2.70. The standard InChI is InChI=1S/C14H19NO4/c1-18-12-5-2-4-9-10(12)8-11(15)14(9)19-7-3-6-13(16)17/h2,4-5,11,14H,3,6-8,15H2,1H3,(H,16,17). The van der Waals surface area contributed by atoms with Gasteiger partial charge in [0.2, 0.25) is 0 Å². The molecule has 1 aromatic carbocycles. The van der Waals surface area contributed by atoms with E-state index in [1.54, 1.807) is 7.11 Å². The number of nitrogens with two attached hydrogens (primary N) is 1. The van der Waals surface area contributed by atoms with Crippen LogP contribution in [-0.2, 0) is 16.0 Å². The van der Waals surface area contributed by atoms with E-state index in [4.69, 9.17) is 20.3 Å². The lowest BCUT2D eigenvalue weighted by Crippen LogP contribution is -2.27.